The van der Waals surface area contributed by atoms with E-state index in [0.717, 1.165) is 36.1 Å². The SMILES string of the molecule is CCCCC(=O)N1c2ncnn2[C@@H](c2ccc(OC)cc2)C[C@H]1c1ccc(C)cc1. The third-order valence-corrected chi connectivity index (χ3v) is 5.80. The topological polar surface area (TPSA) is 60.2 Å². The van der Waals surface area contributed by atoms with E-state index in [0.29, 0.717) is 12.4 Å². The van der Waals surface area contributed by atoms with Crippen LogP contribution in [0, 0.1) is 6.92 Å². The van der Waals surface area contributed by atoms with E-state index in [2.05, 4.69) is 60.3 Å². The van der Waals surface area contributed by atoms with Gasteiger partial charge in [-0.2, -0.15) is 10.1 Å². The smallest absolute Gasteiger partial charge is 0.231 e. The number of hydrogen-bond donors (Lipinski definition) is 0. The Kier molecular flexibility index (Phi) is 5.84. The maximum Gasteiger partial charge on any atom is 0.231 e. The van der Waals surface area contributed by atoms with Crippen LogP contribution in [0.5, 0.6) is 5.75 Å². The Morgan fingerprint density at radius 1 is 1.07 bits per heavy atom. The number of amides is 1. The fourth-order valence-electron chi connectivity index (χ4n) is 4.10. The number of methoxy groups -OCH3 is 1. The van der Waals surface area contributed by atoms with Crippen LogP contribution in [0.25, 0.3) is 0 Å². The number of aryl methyl sites for hydroxylation is 1. The van der Waals surface area contributed by atoms with Crippen molar-refractivity contribution in [1.29, 1.82) is 0 Å². The molecule has 2 aromatic carbocycles. The largest absolute Gasteiger partial charge is 0.497 e. The van der Waals surface area contributed by atoms with Crippen LogP contribution in [-0.4, -0.2) is 27.8 Å². The van der Waals surface area contributed by atoms with Crippen molar-refractivity contribution in [3.8, 4) is 5.75 Å². The minimum absolute atomic E-state index is 0.00469. The van der Waals surface area contributed by atoms with Crippen molar-refractivity contribution in [2.45, 2.75) is 51.6 Å². The molecule has 1 aliphatic rings. The molecule has 1 amide bonds. The minimum Gasteiger partial charge on any atom is -0.497 e. The van der Waals surface area contributed by atoms with E-state index < -0.39 is 0 Å². The van der Waals surface area contributed by atoms with Gasteiger partial charge in [0.2, 0.25) is 11.9 Å². The first-order chi connectivity index (χ1) is 14.6. The normalized spacial score (nSPS) is 18.2. The molecule has 6 nitrogen and oxygen atoms in total. The molecule has 0 bridgehead atoms. The zero-order valence-electron chi connectivity index (χ0n) is 17.8. The Morgan fingerprint density at radius 3 is 2.40 bits per heavy atom. The van der Waals surface area contributed by atoms with Crippen molar-refractivity contribution in [1.82, 2.24) is 14.8 Å². The average Bonchev–Trinajstić information content (AvgIpc) is 3.26. The lowest BCUT2D eigenvalue weighted by Gasteiger charge is -2.39. The van der Waals surface area contributed by atoms with Gasteiger partial charge in [0.25, 0.3) is 0 Å². The van der Waals surface area contributed by atoms with Crippen LogP contribution in [0.4, 0.5) is 5.95 Å². The standard InChI is InChI=1S/C24H28N4O2/c1-4-5-6-23(29)27-21(18-9-7-17(2)8-10-18)15-22(28-24(27)25-16-26-28)19-11-13-20(30-3)14-12-19/h7-14,16,21-22H,4-6,15H2,1-3H3/t21-,22+/m0/s1. The van der Waals surface area contributed by atoms with Gasteiger partial charge in [-0.3, -0.25) is 9.69 Å². The summed E-state index contributed by atoms with van der Waals surface area (Å²) < 4.78 is 7.20. The highest BCUT2D eigenvalue weighted by atomic mass is 16.5. The van der Waals surface area contributed by atoms with Gasteiger partial charge in [0.05, 0.1) is 19.2 Å². The Morgan fingerprint density at radius 2 is 1.73 bits per heavy atom. The number of hydrogen-bond acceptors (Lipinski definition) is 4. The summed E-state index contributed by atoms with van der Waals surface area (Å²) in [5.41, 5.74) is 3.45. The summed E-state index contributed by atoms with van der Waals surface area (Å²) >= 11 is 0. The van der Waals surface area contributed by atoms with Crippen molar-refractivity contribution in [3.63, 3.8) is 0 Å². The zero-order chi connectivity index (χ0) is 21.1. The van der Waals surface area contributed by atoms with Crippen molar-refractivity contribution in [2.75, 3.05) is 12.0 Å². The van der Waals surface area contributed by atoms with E-state index in [4.69, 9.17) is 4.74 Å². The number of carbonyl (C=O) groups excluding carboxylic acids is 1. The number of aromatic nitrogens is 3. The summed E-state index contributed by atoms with van der Waals surface area (Å²) in [4.78, 5) is 19.6. The van der Waals surface area contributed by atoms with Crippen molar-refractivity contribution in [3.05, 3.63) is 71.5 Å². The highest BCUT2D eigenvalue weighted by molar-refractivity contribution is 5.92. The first-order valence-electron chi connectivity index (χ1n) is 10.5. The van der Waals surface area contributed by atoms with Crippen LogP contribution < -0.4 is 9.64 Å². The molecule has 0 radical (unpaired) electrons. The van der Waals surface area contributed by atoms with E-state index in [9.17, 15) is 4.79 Å². The summed E-state index contributed by atoms with van der Waals surface area (Å²) in [6, 6.07) is 16.4. The third-order valence-electron chi connectivity index (χ3n) is 5.80. The molecule has 156 valence electrons. The lowest BCUT2D eigenvalue weighted by Crippen LogP contribution is -2.42. The number of nitrogens with zero attached hydrogens (tertiary/aromatic N) is 4. The van der Waals surface area contributed by atoms with E-state index >= 15 is 0 Å². The van der Waals surface area contributed by atoms with Crippen molar-refractivity contribution in [2.24, 2.45) is 0 Å². The van der Waals surface area contributed by atoms with E-state index in [1.807, 2.05) is 21.7 Å². The summed E-state index contributed by atoms with van der Waals surface area (Å²) in [7, 11) is 1.67. The molecular formula is C24H28N4O2. The molecule has 2 heterocycles. The second-order valence-corrected chi connectivity index (χ2v) is 7.82. The van der Waals surface area contributed by atoms with Crippen LogP contribution in [-0.2, 0) is 4.79 Å². The van der Waals surface area contributed by atoms with Crippen molar-refractivity contribution < 1.29 is 9.53 Å². The maximum atomic E-state index is 13.2. The van der Waals surface area contributed by atoms with Gasteiger partial charge in [0.1, 0.15) is 12.1 Å². The average molecular weight is 405 g/mol. The second kappa shape index (κ2) is 8.69. The van der Waals surface area contributed by atoms with Crippen LogP contribution in [0.2, 0.25) is 0 Å². The van der Waals surface area contributed by atoms with Gasteiger partial charge in [0, 0.05) is 6.42 Å². The van der Waals surface area contributed by atoms with E-state index in [-0.39, 0.29) is 18.0 Å². The fraction of sp³-hybridized carbons (Fsp3) is 0.375. The Labute approximate surface area is 177 Å². The number of unbranched alkanes of at least 4 members (excludes halogenated alkanes) is 1. The molecule has 0 unspecified atom stereocenters. The highest BCUT2D eigenvalue weighted by Gasteiger charge is 2.39. The van der Waals surface area contributed by atoms with Crippen LogP contribution in [0.3, 0.4) is 0 Å². The predicted octanol–water partition coefficient (Wildman–Crippen LogP) is 4.85. The number of fused-ring (bicyclic) bond motifs is 1. The highest BCUT2D eigenvalue weighted by Crippen LogP contribution is 2.42. The first-order valence-corrected chi connectivity index (χ1v) is 10.5. The molecular weight excluding hydrogens is 376 g/mol. The van der Waals surface area contributed by atoms with Crippen molar-refractivity contribution >= 4 is 11.9 Å². The van der Waals surface area contributed by atoms with Gasteiger partial charge in [-0.05, 0) is 43.0 Å². The van der Waals surface area contributed by atoms with Gasteiger partial charge < -0.3 is 4.74 Å². The maximum absolute atomic E-state index is 13.2. The first kappa shape index (κ1) is 20.1. The quantitative estimate of drug-likeness (QED) is 0.589. The van der Waals surface area contributed by atoms with E-state index in [1.165, 1.54) is 5.56 Å². The molecule has 1 aliphatic heterocycles. The summed E-state index contributed by atoms with van der Waals surface area (Å²) in [5.74, 6) is 1.54. The molecule has 30 heavy (non-hydrogen) atoms. The zero-order valence-corrected chi connectivity index (χ0v) is 17.8. The third kappa shape index (κ3) is 3.82. The molecule has 0 fully saturated rings. The molecule has 1 aromatic heterocycles. The van der Waals surface area contributed by atoms with Crippen LogP contribution >= 0.6 is 0 Å². The second-order valence-electron chi connectivity index (χ2n) is 7.82. The molecule has 0 spiro atoms. The summed E-state index contributed by atoms with van der Waals surface area (Å²) in [5, 5.41) is 4.49. The lowest BCUT2D eigenvalue weighted by molar-refractivity contribution is -0.119. The summed E-state index contributed by atoms with van der Waals surface area (Å²) in [6.07, 6.45) is 4.65. The fourth-order valence-corrected chi connectivity index (χ4v) is 4.10. The molecule has 0 saturated carbocycles. The molecule has 3 aromatic rings. The number of ether oxygens (including phenoxy) is 1. The van der Waals surface area contributed by atoms with Crippen LogP contribution in [0.15, 0.2) is 54.9 Å². The van der Waals surface area contributed by atoms with Gasteiger partial charge in [-0.1, -0.05) is 55.3 Å². The van der Waals surface area contributed by atoms with Gasteiger partial charge in [-0.25, -0.2) is 4.68 Å². The Hall–Kier alpha value is -3.15. The molecule has 0 aliphatic carbocycles. The van der Waals surface area contributed by atoms with Gasteiger partial charge in [-0.15, -0.1) is 0 Å². The monoisotopic (exact) mass is 404 g/mol. The Bertz CT molecular complexity index is 995. The molecule has 0 N–H and O–H groups in total. The predicted molar refractivity (Wildman–Crippen MR) is 117 cm³/mol. The number of rotatable bonds is 6. The number of benzene rings is 2. The molecule has 6 heteroatoms. The van der Waals surface area contributed by atoms with Gasteiger partial charge >= 0.3 is 0 Å². The van der Waals surface area contributed by atoms with Crippen LogP contribution in [0.1, 0.15) is 61.4 Å². The lowest BCUT2D eigenvalue weighted by atomic mass is 9.91. The summed E-state index contributed by atoms with van der Waals surface area (Å²) in [6.45, 7) is 4.18. The van der Waals surface area contributed by atoms with Gasteiger partial charge in [0.15, 0.2) is 0 Å². The molecule has 0 saturated heterocycles. The van der Waals surface area contributed by atoms with E-state index in [1.54, 1.807) is 13.4 Å². The number of carbonyl (C=O) groups is 1. The Balaban J connectivity index is 1.77. The minimum atomic E-state index is -0.0845. The molecule has 4 rings (SSSR count). The number of anilines is 1. The molecule has 2 atom stereocenters.